The Kier molecular flexibility index (Phi) is 4.92. The number of carbonyl (C=O) groups excluding carboxylic acids is 1. The Balaban J connectivity index is 2.48. The SMILES string of the molecule is CCC(C)(C)NC(=O)COc1ccc(C(=O)O)cc1. The Hall–Kier alpha value is -2.04. The van der Waals surface area contributed by atoms with Crippen LogP contribution in [0.5, 0.6) is 5.75 Å². The summed E-state index contributed by atoms with van der Waals surface area (Å²) in [6.45, 7) is 5.78. The van der Waals surface area contributed by atoms with Crippen LogP contribution in [0.3, 0.4) is 0 Å². The molecular weight excluding hydrogens is 246 g/mol. The molecule has 0 saturated carbocycles. The number of carbonyl (C=O) groups is 2. The van der Waals surface area contributed by atoms with Crippen LogP contribution >= 0.6 is 0 Å². The number of rotatable bonds is 6. The lowest BCUT2D eigenvalue weighted by molar-refractivity contribution is -0.124. The molecule has 0 spiro atoms. The molecule has 0 unspecified atom stereocenters. The predicted octanol–water partition coefficient (Wildman–Crippen LogP) is 2.07. The number of carboxylic acid groups (broad SMARTS) is 1. The van der Waals surface area contributed by atoms with E-state index in [0.29, 0.717) is 5.75 Å². The lowest BCUT2D eigenvalue weighted by Crippen LogP contribution is -2.44. The van der Waals surface area contributed by atoms with Gasteiger partial charge < -0.3 is 15.2 Å². The molecular formula is C14H19NO4. The van der Waals surface area contributed by atoms with Crippen molar-refractivity contribution in [1.82, 2.24) is 5.32 Å². The molecule has 5 nitrogen and oxygen atoms in total. The monoisotopic (exact) mass is 265 g/mol. The summed E-state index contributed by atoms with van der Waals surface area (Å²) < 4.78 is 5.29. The van der Waals surface area contributed by atoms with E-state index in [1.54, 1.807) is 0 Å². The lowest BCUT2D eigenvalue weighted by Gasteiger charge is -2.24. The molecule has 1 aromatic rings. The molecule has 0 fully saturated rings. The van der Waals surface area contributed by atoms with Gasteiger partial charge in [0.25, 0.3) is 5.91 Å². The fraction of sp³-hybridized carbons (Fsp3) is 0.429. The molecule has 2 N–H and O–H groups in total. The smallest absolute Gasteiger partial charge is 0.335 e. The van der Waals surface area contributed by atoms with E-state index in [0.717, 1.165) is 6.42 Å². The number of hydrogen-bond acceptors (Lipinski definition) is 3. The van der Waals surface area contributed by atoms with Gasteiger partial charge in [0.05, 0.1) is 5.56 Å². The van der Waals surface area contributed by atoms with Crippen molar-refractivity contribution < 1.29 is 19.4 Å². The maximum Gasteiger partial charge on any atom is 0.335 e. The highest BCUT2D eigenvalue weighted by molar-refractivity contribution is 5.87. The molecule has 19 heavy (non-hydrogen) atoms. The molecule has 0 aromatic heterocycles. The molecule has 0 saturated heterocycles. The van der Waals surface area contributed by atoms with E-state index in [9.17, 15) is 9.59 Å². The van der Waals surface area contributed by atoms with Crippen molar-refractivity contribution in [3.63, 3.8) is 0 Å². The molecule has 104 valence electrons. The van der Waals surface area contributed by atoms with Crippen LogP contribution in [0.15, 0.2) is 24.3 Å². The third-order valence-corrected chi connectivity index (χ3v) is 2.83. The van der Waals surface area contributed by atoms with Gasteiger partial charge in [-0.15, -0.1) is 0 Å². The standard InChI is InChI=1S/C14H19NO4/c1-4-14(2,3)15-12(16)9-19-11-7-5-10(6-8-11)13(17)18/h5-8H,4,9H2,1-3H3,(H,15,16)(H,17,18). The first-order valence-corrected chi connectivity index (χ1v) is 6.11. The lowest BCUT2D eigenvalue weighted by atomic mass is 10.0. The van der Waals surface area contributed by atoms with Crippen molar-refractivity contribution in [2.75, 3.05) is 6.61 Å². The summed E-state index contributed by atoms with van der Waals surface area (Å²) in [5.74, 6) is -0.724. The summed E-state index contributed by atoms with van der Waals surface area (Å²) in [6, 6.07) is 5.93. The minimum Gasteiger partial charge on any atom is -0.484 e. The Labute approximate surface area is 112 Å². The number of aromatic carboxylic acids is 1. The highest BCUT2D eigenvalue weighted by atomic mass is 16.5. The summed E-state index contributed by atoms with van der Waals surface area (Å²) in [5.41, 5.74) is -0.0722. The Morgan fingerprint density at radius 3 is 2.32 bits per heavy atom. The van der Waals surface area contributed by atoms with Gasteiger partial charge >= 0.3 is 5.97 Å². The van der Waals surface area contributed by atoms with Gasteiger partial charge in [-0.1, -0.05) is 6.92 Å². The summed E-state index contributed by atoms with van der Waals surface area (Å²) >= 11 is 0. The minimum atomic E-state index is -0.992. The van der Waals surface area contributed by atoms with Crippen molar-refractivity contribution in [2.24, 2.45) is 0 Å². The van der Waals surface area contributed by atoms with Crippen molar-refractivity contribution in [3.05, 3.63) is 29.8 Å². The normalized spacial score (nSPS) is 10.9. The van der Waals surface area contributed by atoms with Crippen LogP contribution in [0.1, 0.15) is 37.6 Å². The average molecular weight is 265 g/mol. The molecule has 0 heterocycles. The van der Waals surface area contributed by atoms with Crippen LogP contribution in [-0.2, 0) is 4.79 Å². The maximum absolute atomic E-state index is 11.6. The molecule has 0 radical (unpaired) electrons. The highest BCUT2D eigenvalue weighted by Crippen LogP contribution is 2.12. The topological polar surface area (TPSA) is 75.6 Å². The van der Waals surface area contributed by atoms with E-state index < -0.39 is 5.97 Å². The molecule has 0 aliphatic rings. The van der Waals surface area contributed by atoms with E-state index in [1.807, 2.05) is 20.8 Å². The Bertz CT molecular complexity index is 451. The van der Waals surface area contributed by atoms with Gasteiger partial charge in [0, 0.05) is 5.54 Å². The zero-order chi connectivity index (χ0) is 14.5. The summed E-state index contributed by atoms with van der Waals surface area (Å²) in [7, 11) is 0. The number of benzene rings is 1. The van der Waals surface area contributed by atoms with Gasteiger partial charge in [-0.25, -0.2) is 4.79 Å². The third kappa shape index (κ3) is 4.99. The van der Waals surface area contributed by atoms with E-state index >= 15 is 0 Å². The van der Waals surface area contributed by atoms with Gasteiger partial charge in [-0.05, 0) is 44.5 Å². The van der Waals surface area contributed by atoms with E-state index in [2.05, 4.69) is 5.32 Å². The second-order valence-electron chi connectivity index (χ2n) is 4.90. The number of ether oxygens (including phenoxy) is 1. The number of nitrogens with one attached hydrogen (secondary N) is 1. The Morgan fingerprint density at radius 1 is 1.26 bits per heavy atom. The van der Waals surface area contributed by atoms with Gasteiger partial charge in [0.1, 0.15) is 5.75 Å². The highest BCUT2D eigenvalue weighted by Gasteiger charge is 2.17. The van der Waals surface area contributed by atoms with Crippen LogP contribution in [0.4, 0.5) is 0 Å². The first kappa shape index (κ1) is 15.0. The van der Waals surface area contributed by atoms with Gasteiger partial charge in [-0.2, -0.15) is 0 Å². The number of carboxylic acids is 1. The summed E-state index contributed by atoms with van der Waals surface area (Å²) in [6.07, 6.45) is 0.825. The molecule has 0 aliphatic heterocycles. The number of hydrogen-bond donors (Lipinski definition) is 2. The molecule has 5 heteroatoms. The third-order valence-electron chi connectivity index (χ3n) is 2.83. The Morgan fingerprint density at radius 2 is 1.84 bits per heavy atom. The fourth-order valence-electron chi connectivity index (χ4n) is 1.34. The quantitative estimate of drug-likeness (QED) is 0.825. The fourth-order valence-corrected chi connectivity index (χ4v) is 1.34. The van der Waals surface area contributed by atoms with Crippen LogP contribution in [0, 0.1) is 0 Å². The van der Waals surface area contributed by atoms with Crippen LogP contribution in [0.25, 0.3) is 0 Å². The van der Waals surface area contributed by atoms with Crippen LogP contribution in [0.2, 0.25) is 0 Å². The van der Waals surface area contributed by atoms with Gasteiger partial charge in [-0.3, -0.25) is 4.79 Å². The molecule has 1 aromatic carbocycles. The average Bonchev–Trinajstić information content (AvgIpc) is 2.36. The van der Waals surface area contributed by atoms with Gasteiger partial charge in [0.15, 0.2) is 6.61 Å². The zero-order valence-electron chi connectivity index (χ0n) is 11.4. The summed E-state index contributed by atoms with van der Waals surface area (Å²) in [5, 5.41) is 11.6. The molecule has 0 aliphatic carbocycles. The van der Waals surface area contributed by atoms with Crippen molar-refractivity contribution in [1.29, 1.82) is 0 Å². The molecule has 0 atom stereocenters. The first-order valence-electron chi connectivity index (χ1n) is 6.11. The van der Waals surface area contributed by atoms with Crippen LogP contribution in [-0.4, -0.2) is 29.1 Å². The maximum atomic E-state index is 11.6. The second-order valence-corrected chi connectivity index (χ2v) is 4.90. The van der Waals surface area contributed by atoms with Crippen molar-refractivity contribution >= 4 is 11.9 Å². The summed E-state index contributed by atoms with van der Waals surface area (Å²) in [4.78, 5) is 22.3. The zero-order valence-corrected chi connectivity index (χ0v) is 11.4. The molecule has 1 amide bonds. The first-order chi connectivity index (χ1) is 8.84. The van der Waals surface area contributed by atoms with Crippen LogP contribution < -0.4 is 10.1 Å². The molecule has 1 rings (SSSR count). The van der Waals surface area contributed by atoms with Crippen molar-refractivity contribution in [2.45, 2.75) is 32.7 Å². The minimum absolute atomic E-state index is 0.0875. The molecule has 0 bridgehead atoms. The predicted molar refractivity (Wildman–Crippen MR) is 71.4 cm³/mol. The van der Waals surface area contributed by atoms with E-state index in [4.69, 9.17) is 9.84 Å². The number of amides is 1. The largest absolute Gasteiger partial charge is 0.484 e. The second kappa shape index (κ2) is 6.22. The van der Waals surface area contributed by atoms with Crippen molar-refractivity contribution in [3.8, 4) is 5.75 Å². The van der Waals surface area contributed by atoms with Gasteiger partial charge in [0.2, 0.25) is 0 Å². The van der Waals surface area contributed by atoms with E-state index in [1.165, 1.54) is 24.3 Å². The van der Waals surface area contributed by atoms with E-state index in [-0.39, 0.29) is 23.6 Å².